The van der Waals surface area contributed by atoms with Gasteiger partial charge in [0.1, 0.15) is 5.75 Å². The maximum atomic E-state index is 10.7. The number of phenols is 1. The van der Waals surface area contributed by atoms with Crippen LogP contribution < -0.4 is 22.1 Å². The fourth-order valence-corrected chi connectivity index (χ4v) is 2.24. The van der Waals surface area contributed by atoms with Gasteiger partial charge in [-0.25, -0.2) is 4.79 Å². The molecule has 1 unspecified atom stereocenters. The number of phenolic OH excluding ortho intramolecular Hbond substituents is 1. The number of hydrogen-bond donors (Lipinski definition) is 6. The van der Waals surface area contributed by atoms with Crippen LogP contribution in [-0.2, 0) is 6.54 Å². The molecule has 0 saturated heterocycles. The van der Waals surface area contributed by atoms with Gasteiger partial charge in [-0.1, -0.05) is 18.9 Å². The zero-order chi connectivity index (χ0) is 17.1. The second-order valence-corrected chi connectivity index (χ2v) is 5.53. The molecule has 0 bridgehead atoms. The molecule has 9 heteroatoms. The average molecular weight is 397 g/mol. The van der Waals surface area contributed by atoms with E-state index >= 15 is 0 Å². The van der Waals surface area contributed by atoms with Crippen LogP contribution in [0.1, 0.15) is 42.9 Å². The summed E-state index contributed by atoms with van der Waals surface area (Å²) in [6.45, 7) is 2.14. The van der Waals surface area contributed by atoms with Crippen molar-refractivity contribution in [3.8, 4) is 5.75 Å². The van der Waals surface area contributed by atoms with Crippen molar-refractivity contribution in [3.05, 3.63) is 29.3 Å². The SMILES string of the molecule is Cl.Cl.NCCCCCCNCC(O)c1ccc(O)c(CNC(N)=O)c1. The largest absolute Gasteiger partial charge is 0.508 e. The third kappa shape index (κ3) is 11.1. The van der Waals surface area contributed by atoms with Crippen molar-refractivity contribution in [2.75, 3.05) is 19.6 Å². The Morgan fingerprint density at radius 3 is 2.48 bits per heavy atom. The van der Waals surface area contributed by atoms with Crippen molar-refractivity contribution < 1.29 is 15.0 Å². The van der Waals surface area contributed by atoms with Gasteiger partial charge in [0, 0.05) is 18.7 Å². The summed E-state index contributed by atoms with van der Waals surface area (Å²) in [4.78, 5) is 10.7. The van der Waals surface area contributed by atoms with E-state index in [0.29, 0.717) is 17.7 Å². The molecule has 0 fully saturated rings. The number of aliphatic hydroxyl groups is 1. The third-order valence-corrected chi connectivity index (χ3v) is 3.59. The number of aromatic hydroxyl groups is 1. The molecule has 1 rings (SSSR count). The maximum Gasteiger partial charge on any atom is 0.312 e. The van der Waals surface area contributed by atoms with Crippen LogP contribution >= 0.6 is 24.8 Å². The van der Waals surface area contributed by atoms with E-state index in [0.717, 1.165) is 38.8 Å². The van der Waals surface area contributed by atoms with Crippen LogP contribution in [0, 0.1) is 0 Å². The molecule has 0 aliphatic carbocycles. The number of unbranched alkanes of at least 4 members (excludes halogenated alkanes) is 3. The summed E-state index contributed by atoms with van der Waals surface area (Å²) in [5.41, 5.74) is 11.6. The Bertz CT molecular complexity index is 492. The summed E-state index contributed by atoms with van der Waals surface area (Å²) in [5.74, 6) is 0.0579. The van der Waals surface area contributed by atoms with Crippen LogP contribution in [0.2, 0.25) is 0 Å². The molecule has 0 aliphatic heterocycles. The Balaban J connectivity index is 0. The number of amides is 2. The van der Waals surface area contributed by atoms with Crippen molar-refractivity contribution in [2.24, 2.45) is 11.5 Å². The molecule has 8 N–H and O–H groups in total. The molecule has 2 amide bonds. The van der Waals surface area contributed by atoms with Crippen LogP contribution in [0.15, 0.2) is 18.2 Å². The van der Waals surface area contributed by atoms with E-state index in [9.17, 15) is 15.0 Å². The molecule has 0 aromatic heterocycles. The highest BCUT2D eigenvalue weighted by Crippen LogP contribution is 2.22. The van der Waals surface area contributed by atoms with Gasteiger partial charge < -0.3 is 32.3 Å². The third-order valence-electron chi connectivity index (χ3n) is 3.59. The van der Waals surface area contributed by atoms with Crippen LogP contribution in [-0.4, -0.2) is 35.9 Å². The van der Waals surface area contributed by atoms with Crippen molar-refractivity contribution in [3.63, 3.8) is 0 Å². The first-order valence-corrected chi connectivity index (χ1v) is 7.98. The number of benzene rings is 1. The van der Waals surface area contributed by atoms with Crippen molar-refractivity contribution in [1.82, 2.24) is 10.6 Å². The number of urea groups is 1. The highest BCUT2D eigenvalue weighted by molar-refractivity contribution is 5.85. The number of nitrogens with one attached hydrogen (secondary N) is 2. The molecular weight excluding hydrogens is 367 g/mol. The molecule has 1 aromatic carbocycles. The summed E-state index contributed by atoms with van der Waals surface area (Å²) in [6.07, 6.45) is 3.69. The minimum atomic E-state index is -0.674. The van der Waals surface area contributed by atoms with Gasteiger partial charge in [-0.2, -0.15) is 0 Å². The second-order valence-electron chi connectivity index (χ2n) is 5.53. The molecule has 1 aromatic rings. The number of nitrogens with two attached hydrogens (primary N) is 2. The van der Waals surface area contributed by atoms with Crippen LogP contribution in [0.25, 0.3) is 0 Å². The summed E-state index contributed by atoms with van der Waals surface area (Å²) in [5, 5.41) is 25.6. The predicted molar refractivity (Wildman–Crippen MR) is 104 cm³/mol. The number of hydrogen-bond acceptors (Lipinski definition) is 5. The molecule has 0 radical (unpaired) electrons. The van der Waals surface area contributed by atoms with Crippen molar-refractivity contribution in [2.45, 2.75) is 38.3 Å². The van der Waals surface area contributed by atoms with E-state index in [4.69, 9.17) is 11.5 Å². The molecule has 146 valence electrons. The smallest absolute Gasteiger partial charge is 0.312 e. The Labute approximate surface area is 161 Å². The average Bonchev–Trinajstić information content (AvgIpc) is 2.53. The summed E-state index contributed by atoms with van der Waals surface area (Å²) in [6, 6.07) is 4.17. The topological polar surface area (TPSA) is 134 Å². The molecule has 0 saturated carbocycles. The zero-order valence-corrected chi connectivity index (χ0v) is 15.9. The van der Waals surface area contributed by atoms with E-state index in [-0.39, 0.29) is 37.1 Å². The fraction of sp³-hybridized carbons (Fsp3) is 0.562. The number of rotatable bonds is 11. The minimum absolute atomic E-state index is 0. The Morgan fingerprint density at radius 2 is 1.84 bits per heavy atom. The molecule has 7 nitrogen and oxygen atoms in total. The first kappa shape index (κ1) is 26.0. The van der Waals surface area contributed by atoms with E-state index in [1.54, 1.807) is 12.1 Å². The zero-order valence-electron chi connectivity index (χ0n) is 14.2. The number of carbonyl (C=O) groups is 1. The van der Waals surface area contributed by atoms with E-state index in [2.05, 4.69) is 10.6 Å². The number of primary amides is 1. The lowest BCUT2D eigenvalue weighted by atomic mass is 10.0. The Kier molecular flexibility index (Phi) is 15.6. The fourth-order valence-electron chi connectivity index (χ4n) is 2.24. The van der Waals surface area contributed by atoms with Gasteiger partial charge >= 0.3 is 6.03 Å². The second kappa shape index (κ2) is 15.0. The highest BCUT2D eigenvalue weighted by Gasteiger charge is 2.10. The van der Waals surface area contributed by atoms with Crippen LogP contribution in [0.3, 0.4) is 0 Å². The normalized spacial score (nSPS) is 11.1. The van der Waals surface area contributed by atoms with E-state index in [1.807, 2.05) is 0 Å². The molecule has 0 aliphatic rings. The molecule has 0 spiro atoms. The maximum absolute atomic E-state index is 10.7. The highest BCUT2D eigenvalue weighted by atomic mass is 35.5. The first-order valence-electron chi connectivity index (χ1n) is 7.98. The van der Waals surface area contributed by atoms with Gasteiger partial charge in [-0.15, -0.1) is 24.8 Å². The lowest BCUT2D eigenvalue weighted by molar-refractivity contribution is 0.174. The standard InChI is InChI=1S/C16H28N4O3.2ClH/c17-7-3-1-2-4-8-19-11-15(22)12-5-6-14(21)13(9-12)10-20-16(18)23;;/h5-6,9,15,19,21-22H,1-4,7-8,10-11,17H2,(H3,18,20,23);2*1H. The minimum Gasteiger partial charge on any atom is -0.508 e. The number of halogens is 2. The summed E-state index contributed by atoms with van der Waals surface area (Å²) in [7, 11) is 0. The molecule has 25 heavy (non-hydrogen) atoms. The molecule has 1 atom stereocenters. The van der Waals surface area contributed by atoms with Gasteiger partial charge in [0.15, 0.2) is 0 Å². The van der Waals surface area contributed by atoms with Crippen molar-refractivity contribution >= 4 is 30.8 Å². The molecule has 0 heterocycles. The number of aliphatic hydroxyl groups excluding tert-OH is 1. The van der Waals surface area contributed by atoms with Gasteiger partial charge in [-0.3, -0.25) is 0 Å². The van der Waals surface area contributed by atoms with Crippen molar-refractivity contribution in [1.29, 1.82) is 0 Å². The summed E-state index contributed by atoms with van der Waals surface area (Å²) >= 11 is 0. The summed E-state index contributed by atoms with van der Waals surface area (Å²) < 4.78 is 0. The van der Waals surface area contributed by atoms with Gasteiger partial charge in [0.2, 0.25) is 0 Å². The van der Waals surface area contributed by atoms with Crippen LogP contribution in [0.5, 0.6) is 5.75 Å². The van der Waals surface area contributed by atoms with Gasteiger partial charge in [0.25, 0.3) is 0 Å². The Morgan fingerprint density at radius 1 is 1.16 bits per heavy atom. The number of carbonyl (C=O) groups excluding carboxylic acids is 1. The van der Waals surface area contributed by atoms with E-state index in [1.165, 1.54) is 6.07 Å². The van der Waals surface area contributed by atoms with E-state index < -0.39 is 12.1 Å². The Hall–Kier alpha value is -1.25. The first-order chi connectivity index (χ1) is 11.0. The molecular formula is C16H30Cl2N4O3. The van der Waals surface area contributed by atoms with Crippen LogP contribution in [0.4, 0.5) is 4.79 Å². The predicted octanol–water partition coefficient (Wildman–Crippen LogP) is 1.55. The van der Waals surface area contributed by atoms with Gasteiger partial charge in [0.05, 0.1) is 6.10 Å². The lowest BCUT2D eigenvalue weighted by Gasteiger charge is -2.14. The monoisotopic (exact) mass is 396 g/mol. The quantitative estimate of drug-likeness (QED) is 0.315. The van der Waals surface area contributed by atoms with Gasteiger partial charge in [-0.05, 0) is 43.6 Å². The lowest BCUT2D eigenvalue weighted by Crippen LogP contribution is -2.28.